The maximum Gasteiger partial charge on any atom is 0.326 e. The Morgan fingerprint density at radius 1 is 1.39 bits per heavy atom. The first-order valence-corrected chi connectivity index (χ1v) is 6.06. The molecule has 0 saturated heterocycles. The van der Waals surface area contributed by atoms with E-state index in [-0.39, 0.29) is 11.8 Å². The fourth-order valence-electron chi connectivity index (χ4n) is 1.69. The van der Waals surface area contributed by atoms with Crippen molar-refractivity contribution in [1.82, 2.24) is 5.32 Å². The molecule has 0 heterocycles. The summed E-state index contributed by atoms with van der Waals surface area (Å²) in [5.74, 6) is -1.44. The quantitative estimate of drug-likeness (QED) is 0.841. The van der Waals surface area contributed by atoms with E-state index in [1.54, 1.807) is 18.2 Å². The van der Waals surface area contributed by atoms with Gasteiger partial charge in [0.2, 0.25) is 0 Å². The van der Waals surface area contributed by atoms with Crippen molar-refractivity contribution in [1.29, 1.82) is 0 Å². The third kappa shape index (κ3) is 3.58. The Morgan fingerprint density at radius 3 is 2.56 bits per heavy atom. The van der Waals surface area contributed by atoms with Gasteiger partial charge in [0.25, 0.3) is 5.91 Å². The molecule has 1 amide bonds. The summed E-state index contributed by atoms with van der Waals surface area (Å²) in [6, 6.07) is 6.24. The summed E-state index contributed by atoms with van der Waals surface area (Å²) in [7, 11) is 0. The van der Waals surface area contributed by atoms with Gasteiger partial charge < -0.3 is 10.4 Å². The van der Waals surface area contributed by atoms with Crippen LogP contribution >= 0.6 is 0 Å². The number of carbonyl (C=O) groups excluding carboxylic acids is 1. The van der Waals surface area contributed by atoms with Crippen molar-refractivity contribution in [2.75, 3.05) is 0 Å². The van der Waals surface area contributed by atoms with Crippen LogP contribution in [-0.2, 0) is 4.79 Å². The Kier molecular flexibility index (Phi) is 4.89. The molecule has 2 N–H and O–H groups in total. The van der Waals surface area contributed by atoms with E-state index in [1.165, 1.54) is 0 Å². The Balaban J connectivity index is 2.82. The number of nitrogens with one attached hydrogen (secondary N) is 1. The van der Waals surface area contributed by atoms with Gasteiger partial charge in [-0.15, -0.1) is 0 Å². The molecule has 18 heavy (non-hydrogen) atoms. The molecular formula is C14H19NO3. The molecule has 4 nitrogen and oxygen atoms in total. The number of carboxylic acid groups (broad SMARTS) is 1. The molecular weight excluding hydrogens is 230 g/mol. The number of carbonyl (C=O) groups is 2. The highest BCUT2D eigenvalue weighted by molar-refractivity contribution is 5.96. The first-order chi connectivity index (χ1) is 8.45. The molecule has 2 atom stereocenters. The molecule has 0 aliphatic heterocycles. The standard InChI is InChI=1S/C14H19NO3/c1-4-10(3)12(14(17)18)15-13(16)11-7-5-6-9(2)8-11/h5-8,10,12H,4H2,1-3H3,(H,15,16)(H,17,18)/t10-,12-/m0/s1. The van der Waals surface area contributed by atoms with Gasteiger partial charge in [-0.25, -0.2) is 4.79 Å². The summed E-state index contributed by atoms with van der Waals surface area (Å²) in [6.07, 6.45) is 0.699. The summed E-state index contributed by atoms with van der Waals surface area (Å²) in [6.45, 7) is 5.61. The predicted molar refractivity (Wildman–Crippen MR) is 69.5 cm³/mol. The maximum atomic E-state index is 12.0. The number of amides is 1. The number of aryl methyl sites for hydroxylation is 1. The summed E-state index contributed by atoms with van der Waals surface area (Å²) in [5, 5.41) is 11.7. The molecule has 0 unspecified atom stereocenters. The van der Waals surface area contributed by atoms with Gasteiger partial charge in [-0.3, -0.25) is 4.79 Å². The van der Waals surface area contributed by atoms with Crippen LogP contribution < -0.4 is 5.32 Å². The van der Waals surface area contributed by atoms with E-state index < -0.39 is 12.0 Å². The lowest BCUT2D eigenvalue weighted by Gasteiger charge is -2.20. The number of benzene rings is 1. The molecule has 0 bridgehead atoms. The van der Waals surface area contributed by atoms with E-state index in [0.29, 0.717) is 12.0 Å². The summed E-state index contributed by atoms with van der Waals surface area (Å²) >= 11 is 0. The summed E-state index contributed by atoms with van der Waals surface area (Å²) in [4.78, 5) is 23.1. The third-order valence-electron chi connectivity index (χ3n) is 3.05. The highest BCUT2D eigenvalue weighted by Crippen LogP contribution is 2.10. The first-order valence-electron chi connectivity index (χ1n) is 6.06. The number of hydrogen-bond acceptors (Lipinski definition) is 2. The van der Waals surface area contributed by atoms with Gasteiger partial charge in [0.1, 0.15) is 6.04 Å². The Labute approximate surface area is 107 Å². The Morgan fingerprint density at radius 2 is 2.06 bits per heavy atom. The van der Waals surface area contributed by atoms with Crippen molar-refractivity contribution in [2.24, 2.45) is 5.92 Å². The normalized spacial score (nSPS) is 13.7. The molecule has 0 saturated carbocycles. The number of hydrogen-bond donors (Lipinski definition) is 2. The summed E-state index contributed by atoms with van der Waals surface area (Å²) < 4.78 is 0. The lowest BCUT2D eigenvalue weighted by molar-refractivity contribution is -0.140. The lowest BCUT2D eigenvalue weighted by atomic mass is 9.99. The third-order valence-corrected chi connectivity index (χ3v) is 3.05. The second-order valence-electron chi connectivity index (χ2n) is 4.54. The van der Waals surface area contributed by atoms with E-state index in [0.717, 1.165) is 5.56 Å². The molecule has 1 rings (SSSR count). The lowest BCUT2D eigenvalue weighted by Crippen LogP contribution is -2.45. The molecule has 98 valence electrons. The van der Waals surface area contributed by atoms with Crippen LogP contribution in [0.25, 0.3) is 0 Å². The minimum Gasteiger partial charge on any atom is -0.480 e. The highest BCUT2D eigenvalue weighted by atomic mass is 16.4. The highest BCUT2D eigenvalue weighted by Gasteiger charge is 2.25. The van der Waals surface area contributed by atoms with Crippen LogP contribution in [-0.4, -0.2) is 23.0 Å². The van der Waals surface area contributed by atoms with Crippen LogP contribution in [0, 0.1) is 12.8 Å². The second kappa shape index (κ2) is 6.19. The molecule has 0 spiro atoms. The number of rotatable bonds is 5. The van der Waals surface area contributed by atoms with Gasteiger partial charge in [0, 0.05) is 5.56 Å². The molecule has 0 aliphatic carbocycles. The van der Waals surface area contributed by atoms with Crippen LogP contribution in [0.5, 0.6) is 0 Å². The molecule has 4 heteroatoms. The maximum absolute atomic E-state index is 12.0. The molecule has 1 aromatic carbocycles. The van der Waals surface area contributed by atoms with Gasteiger partial charge in [-0.05, 0) is 25.0 Å². The monoisotopic (exact) mass is 249 g/mol. The fraction of sp³-hybridized carbons (Fsp3) is 0.429. The van der Waals surface area contributed by atoms with Gasteiger partial charge >= 0.3 is 5.97 Å². The van der Waals surface area contributed by atoms with Crippen molar-refractivity contribution in [3.05, 3.63) is 35.4 Å². The topological polar surface area (TPSA) is 66.4 Å². The van der Waals surface area contributed by atoms with Gasteiger partial charge in [-0.2, -0.15) is 0 Å². The second-order valence-corrected chi connectivity index (χ2v) is 4.54. The zero-order valence-electron chi connectivity index (χ0n) is 10.9. The largest absolute Gasteiger partial charge is 0.480 e. The average molecular weight is 249 g/mol. The van der Waals surface area contributed by atoms with E-state index in [9.17, 15) is 9.59 Å². The van der Waals surface area contributed by atoms with Crippen LogP contribution in [0.3, 0.4) is 0 Å². The van der Waals surface area contributed by atoms with E-state index in [2.05, 4.69) is 5.32 Å². The van der Waals surface area contributed by atoms with Gasteiger partial charge in [0.15, 0.2) is 0 Å². The van der Waals surface area contributed by atoms with Crippen molar-refractivity contribution >= 4 is 11.9 Å². The Hall–Kier alpha value is -1.84. The van der Waals surface area contributed by atoms with Crippen molar-refractivity contribution in [2.45, 2.75) is 33.2 Å². The molecule has 0 fully saturated rings. The molecule has 1 aromatic rings. The van der Waals surface area contributed by atoms with E-state index in [4.69, 9.17) is 5.11 Å². The number of aliphatic carboxylic acids is 1. The van der Waals surface area contributed by atoms with Crippen molar-refractivity contribution in [3.63, 3.8) is 0 Å². The minimum absolute atomic E-state index is 0.101. The molecule has 0 aliphatic rings. The summed E-state index contributed by atoms with van der Waals surface area (Å²) in [5.41, 5.74) is 1.46. The minimum atomic E-state index is -0.995. The zero-order chi connectivity index (χ0) is 13.7. The zero-order valence-corrected chi connectivity index (χ0v) is 10.9. The molecule has 0 aromatic heterocycles. The first kappa shape index (κ1) is 14.2. The van der Waals surface area contributed by atoms with E-state index >= 15 is 0 Å². The van der Waals surface area contributed by atoms with Gasteiger partial charge in [-0.1, -0.05) is 38.0 Å². The predicted octanol–water partition coefficient (Wildman–Crippen LogP) is 2.22. The van der Waals surface area contributed by atoms with Crippen LogP contribution in [0.15, 0.2) is 24.3 Å². The SMILES string of the molecule is CC[C@H](C)[C@H](NC(=O)c1cccc(C)c1)C(=O)O. The Bertz CT molecular complexity index is 442. The van der Waals surface area contributed by atoms with Crippen molar-refractivity contribution in [3.8, 4) is 0 Å². The van der Waals surface area contributed by atoms with Crippen LogP contribution in [0.4, 0.5) is 0 Å². The number of carboxylic acids is 1. The van der Waals surface area contributed by atoms with Gasteiger partial charge in [0.05, 0.1) is 0 Å². The van der Waals surface area contributed by atoms with Crippen LogP contribution in [0.1, 0.15) is 36.2 Å². The smallest absolute Gasteiger partial charge is 0.326 e. The molecule has 0 radical (unpaired) electrons. The van der Waals surface area contributed by atoms with Crippen LogP contribution in [0.2, 0.25) is 0 Å². The average Bonchev–Trinajstić information content (AvgIpc) is 2.34. The van der Waals surface area contributed by atoms with E-state index in [1.807, 2.05) is 26.8 Å². The van der Waals surface area contributed by atoms with Crippen molar-refractivity contribution < 1.29 is 14.7 Å². The fourth-order valence-corrected chi connectivity index (χ4v) is 1.69.